The van der Waals surface area contributed by atoms with Crippen LogP contribution in [0.25, 0.3) is 21.0 Å². The van der Waals surface area contributed by atoms with Crippen LogP contribution in [0.1, 0.15) is 50.3 Å². The van der Waals surface area contributed by atoms with Gasteiger partial charge in [0.1, 0.15) is 10.8 Å². The minimum atomic E-state index is -0.424. The summed E-state index contributed by atoms with van der Waals surface area (Å²) in [6, 6.07) is 12.0. The fraction of sp³-hybridized carbons (Fsp3) is 0.407. The van der Waals surface area contributed by atoms with Gasteiger partial charge < -0.3 is 25.8 Å². The summed E-state index contributed by atoms with van der Waals surface area (Å²) in [5, 5.41) is 14.0. The number of hydrogen-bond donors (Lipinski definition) is 3. The fourth-order valence-electron chi connectivity index (χ4n) is 4.99. The number of carbonyl (C=O) groups is 1. The van der Waals surface area contributed by atoms with Crippen molar-refractivity contribution in [2.45, 2.75) is 57.8 Å². The highest BCUT2D eigenvalue weighted by Gasteiger charge is 2.29. The number of carbonyl (C=O) groups excluding carboxylic acids is 1. The van der Waals surface area contributed by atoms with E-state index in [9.17, 15) is 9.90 Å². The van der Waals surface area contributed by atoms with Gasteiger partial charge in [0.25, 0.3) is 0 Å². The van der Waals surface area contributed by atoms with Crippen molar-refractivity contribution in [1.29, 1.82) is 0 Å². The smallest absolute Gasteiger partial charge is 0.317 e. The molecule has 1 aromatic heterocycles. The number of piperidine rings is 1. The number of nitrogens with two attached hydrogens (primary N) is 1. The average Bonchev–Trinajstić information content (AvgIpc) is 3.48. The second-order valence-corrected chi connectivity index (χ2v) is 10.6. The van der Waals surface area contributed by atoms with Gasteiger partial charge in [-0.05, 0) is 74.4 Å². The summed E-state index contributed by atoms with van der Waals surface area (Å²) in [4.78, 5) is 20.3. The molecule has 35 heavy (non-hydrogen) atoms. The Hall–Kier alpha value is -3.10. The number of fused-ring (bicyclic) bond motifs is 1. The first-order valence-corrected chi connectivity index (χ1v) is 13.1. The van der Waals surface area contributed by atoms with Crippen molar-refractivity contribution in [3.63, 3.8) is 0 Å². The molecule has 184 valence electrons. The number of aliphatic hydroxyl groups is 1. The van der Waals surface area contributed by atoms with Crippen molar-refractivity contribution < 1.29 is 14.6 Å². The first kappa shape index (κ1) is 23.6. The van der Waals surface area contributed by atoms with Gasteiger partial charge in [0.2, 0.25) is 0 Å². The number of ether oxygens (including phenoxy) is 1. The molecule has 3 aromatic rings. The number of nitrogens with zero attached hydrogens (tertiary/aromatic N) is 2. The number of thiazole rings is 1. The number of benzene rings is 2. The predicted octanol–water partition coefficient (Wildman–Crippen LogP) is 5.00. The molecule has 2 aliphatic rings. The molecule has 2 amide bonds. The number of β-amino-alcohol motifs (C(OH)–C–C–N with tert-alkyl or cyclic N) is 1. The Labute approximate surface area is 209 Å². The number of hydrogen-bond acceptors (Lipinski definition) is 6. The van der Waals surface area contributed by atoms with Gasteiger partial charge in [-0.2, -0.15) is 0 Å². The summed E-state index contributed by atoms with van der Waals surface area (Å²) < 4.78 is 5.75. The van der Waals surface area contributed by atoms with E-state index in [1.807, 2.05) is 38.2 Å². The van der Waals surface area contributed by atoms with E-state index >= 15 is 0 Å². The number of likely N-dealkylation sites (tertiary alicyclic amines) is 1. The lowest BCUT2D eigenvalue weighted by Gasteiger charge is -2.31. The molecular formula is C27H32N4O3S. The molecule has 1 aliphatic heterocycles. The van der Waals surface area contributed by atoms with Gasteiger partial charge in [0.05, 0.1) is 28.8 Å². The molecule has 5 rings (SSSR count). The van der Waals surface area contributed by atoms with Crippen LogP contribution >= 0.6 is 11.3 Å². The molecule has 0 radical (unpaired) electrons. The van der Waals surface area contributed by atoms with Gasteiger partial charge in [-0.15, -0.1) is 11.3 Å². The van der Waals surface area contributed by atoms with Crippen LogP contribution in [0.15, 0.2) is 42.6 Å². The van der Waals surface area contributed by atoms with E-state index in [4.69, 9.17) is 10.5 Å². The van der Waals surface area contributed by atoms with Crippen LogP contribution in [0.4, 0.5) is 10.5 Å². The van der Waals surface area contributed by atoms with Crippen molar-refractivity contribution in [1.82, 2.24) is 15.2 Å². The Bertz CT molecular complexity index is 1220. The number of nitrogens with one attached hydrogen (secondary N) is 1. The lowest BCUT2D eigenvalue weighted by Crippen LogP contribution is -2.47. The first-order valence-electron chi connectivity index (χ1n) is 12.3. The zero-order valence-corrected chi connectivity index (χ0v) is 21.0. The zero-order chi connectivity index (χ0) is 24.5. The first-order chi connectivity index (χ1) is 16.9. The number of nitrogen functional groups attached to an aromatic ring is 1. The van der Waals surface area contributed by atoms with E-state index in [0.717, 1.165) is 41.1 Å². The molecule has 7 nitrogen and oxygen atoms in total. The van der Waals surface area contributed by atoms with Gasteiger partial charge in [-0.25, -0.2) is 9.78 Å². The number of urea groups is 1. The van der Waals surface area contributed by atoms with Crippen LogP contribution < -0.4 is 15.8 Å². The third kappa shape index (κ3) is 4.99. The summed E-state index contributed by atoms with van der Waals surface area (Å²) in [6.45, 7) is 5.06. The van der Waals surface area contributed by atoms with E-state index in [-0.39, 0.29) is 18.2 Å². The second-order valence-electron chi connectivity index (χ2n) is 9.61. The van der Waals surface area contributed by atoms with Gasteiger partial charge in [0, 0.05) is 24.8 Å². The van der Waals surface area contributed by atoms with E-state index in [1.165, 1.54) is 16.7 Å². The van der Waals surface area contributed by atoms with Crippen molar-refractivity contribution in [3.05, 3.63) is 53.7 Å². The Morgan fingerprint density at radius 2 is 2.14 bits per heavy atom. The lowest BCUT2D eigenvalue weighted by atomic mass is 10.0. The molecule has 1 saturated heterocycles. The number of anilines is 1. The molecule has 2 heterocycles. The molecule has 2 aromatic carbocycles. The Kier molecular flexibility index (Phi) is 6.67. The lowest BCUT2D eigenvalue weighted by molar-refractivity contribution is 0.0833. The van der Waals surface area contributed by atoms with Crippen molar-refractivity contribution in [2.75, 3.05) is 18.8 Å². The maximum absolute atomic E-state index is 12.8. The second kappa shape index (κ2) is 9.87. The standard InChI is InChI=1S/C27H32N4O3S/c1-16(2)34-24-11-8-17(13-22(24)28)26-29-14-25(35-26)21-7-3-6-20-19(21)9-10-23(20)30-27(33)31-12-4-5-18(32)15-31/h3,6-8,11,13-14,16,18,23,32H,4-5,9-10,12,15,28H2,1-2H3,(H,30,33)/t18-,23-/m0/s1. The molecule has 1 fully saturated rings. The molecule has 0 saturated carbocycles. The highest BCUT2D eigenvalue weighted by Crippen LogP contribution is 2.41. The highest BCUT2D eigenvalue weighted by molar-refractivity contribution is 7.18. The van der Waals surface area contributed by atoms with Crippen LogP contribution in [0, 0.1) is 0 Å². The summed E-state index contributed by atoms with van der Waals surface area (Å²) in [7, 11) is 0. The van der Waals surface area contributed by atoms with Gasteiger partial charge in [-0.3, -0.25) is 0 Å². The minimum absolute atomic E-state index is 0.0165. The number of rotatable bonds is 5. The summed E-state index contributed by atoms with van der Waals surface area (Å²) in [5.74, 6) is 0.688. The monoisotopic (exact) mass is 492 g/mol. The van der Waals surface area contributed by atoms with E-state index < -0.39 is 6.10 Å². The highest BCUT2D eigenvalue weighted by atomic mass is 32.1. The summed E-state index contributed by atoms with van der Waals surface area (Å²) in [5.41, 5.74) is 11.4. The number of aliphatic hydroxyl groups excluding tert-OH is 1. The van der Waals surface area contributed by atoms with E-state index in [0.29, 0.717) is 24.5 Å². The molecule has 4 N–H and O–H groups in total. The van der Waals surface area contributed by atoms with Gasteiger partial charge in [0.15, 0.2) is 0 Å². The number of amides is 2. The molecule has 0 bridgehead atoms. The van der Waals surface area contributed by atoms with Crippen LogP contribution in [-0.2, 0) is 6.42 Å². The predicted molar refractivity (Wildman–Crippen MR) is 140 cm³/mol. The summed E-state index contributed by atoms with van der Waals surface area (Å²) >= 11 is 1.64. The van der Waals surface area contributed by atoms with Crippen molar-refractivity contribution in [3.8, 4) is 26.8 Å². The van der Waals surface area contributed by atoms with Crippen molar-refractivity contribution >= 4 is 23.1 Å². The van der Waals surface area contributed by atoms with Gasteiger partial charge >= 0.3 is 6.03 Å². The van der Waals surface area contributed by atoms with Crippen LogP contribution in [0.3, 0.4) is 0 Å². The quantitative estimate of drug-likeness (QED) is 0.435. The molecule has 8 heteroatoms. The molecule has 0 spiro atoms. The maximum Gasteiger partial charge on any atom is 0.317 e. The van der Waals surface area contributed by atoms with Crippen LogP contribution in [-0.4, -0.2) is 46.3 Å². The Morgan fingerprint density at radius 1 is 1.29 bits per heavy atom. The largest absolute Gasteiger partial charge is 0.489 e. The van der Waals surface area contributed by atoms with Crippen LogP contribution in [0.5, 0.6) is 5.75 Å². The third-order valence-electron chi connectivity index (χ3n) is 6.64. The Balaban J connectivity index is 1.34. The zero-order valence-electron chi connectivity index (χ0n) is 20.2. The average molecular weight is 493 g/mol. The molecular weight excluding hydrogens is 460 g/mol. The number of aromatic nitrogens is 1. The molecule has 0 unspecified atom stereocenters. The van der Waals surface area contributed by atoms with E-state index in [1.54, 1.807) is 16.2 Å². The third-order valence-corrected chi connectivity index (χ3v) is 7.72. The molecule has 1 aliphatic carbocycles. The SMILES string of the molecule is CC(C)Oc1ccc(-c2ncc(-c3cccc4c3CC[C@@H]4NC(=O)N3CCC[C@H](O)C3)s2)cc1N. The van der Waals surface area contributed by atoms with E-state index in [2.05, 4.69) is 28.5 Å². The topological polar surface area (TPSA) is 101 Å². The minimum Gasteiger partial charge on any atom is -0.489 e. The maximum atomic E-state index is 12.8. The fourth-order valence-corrected chi connectivity index (χ4v) is 5.95. The molecule has 2 atom stereocenters. The summed E-state index contributed by atoms with van der Waals surface area (Å²) in [6.07, 6.45) is 4.94. The van der Waals surface area contributed by atoms with Crippen LogP contribution in [0.2, 0.25) is 0 Å². The van der Waals surface area contributed by atoms with Crippen molar-refractivity contribution in [2.24, 2.45) is 0 Å². The normalized spacial score (nSPS) is 19.6. The Morgan fingerprint density at radius 3 is 2.91 bits per heavy atom. The van der Waals surface area contributed by atoms with Gasteiger partial charge in [-0.1, -0.05) is 18.2 Å².